The Labute approximate surface area is 162 Å². The number of aryl methyl sites for hydroxylation is 1. The molecule has 0 radical (unpaired) electrons. The monoisotopic (exact) mass is 385 g/mol. The molecular formula is C21H20ClNO4. The summed E-state index contributed by atoms with van der Waals surface area (Å²) < 4.78 is 5.16. The predicted octanol–water partition coefficient (Wildman–Crippen LogP) is 3.74. The van der Waals surface area contributed by atoms with E-state index in [1.807, 2.05) is 32.0 Å². The third kappa shape index (κ3) is 4.19. The Kier molecular flexibility index (Phi) is 5.61. The quantitative estimate of drug-likeness (QED) is 0.581. The standard InChI is InChI=1S/C21H20ClNO4/c1-13-4-3-5-18(14(13)2)23-11-16(10-20(23)25)21(26)27-12-19(24)15-6-8-17(22)9-7-15/h3-9,16H,10-12H2,1-2H3/t16-/m1/s1. The molecule has 1 amide bonds. The minimum atomic E-state index is -0.574. The summed E-state index contributed by atoms with van der Waals surface area (Å²) in [7, 11) is 0. The maximum Gasteiger partial charge on any atom is 0.311 e. The summed E-state index contributed by atoms with van der Waals surface area (Å²) in [4.78, 5) is 38.4. The summed E-state index contributed by atoms with van der Waals surface area (Å²) in [6.45, 7) is 3.84. The molecule has 5 nitrogen and oxygen atoms in total. The molecule has 0 unspecified atom stereocenters. The minimum absolute atomic E-state index is 0.0847. The summed E-state index contributed by atoms with van der Waals surface area (Å²) in [5.74, 6) is -1.53. The Morgan fingerprint density at radius 1 is 1.15 bits per heavy atom. The molecule has 0 saturated carbocycles. The molecule has 3 rings (SSSR count). The first-order chi connectivity index (χ1) is 12.9. The summed E-state index contributed by atoms with van der Waals surface area (Å²) >= 11 is 5.80. The molecule has 0 N–H and O–H groups in total. The van der Waals surface area contributed by atoms with Crippen molar-refractivity contribution in [3.63, 3.8) is 0 Å². The number of hydrogen-bond acceptors (Lipinski definition) is 4. The topological polar surface area (TPSA) is 63.7 Å². The molecule has 0 aromatic heterocycles. The van der Waals surface area contributed by atoms with Crippen molar-refractivity contribution in [2.45, 2.75) is 20.3 Å². The Morgan fingerprint density at radius 2 is 1.85 bits per heavy atom. The molecule has 1 heterocycles. The molecule has 27 heavy (non-hydrogen) atoms. The van der Waals surface area contributed by atoms with E-state index in [9.17, 15) is 14.4 Å². The molecular weight excluding hydrogens is 366 g/mol. The van der Waals surface area contributed by atoms with Gasteiger partial charge in [-0.15, -0.1) is 0 Å². The maximum atomic E-state index is 12.4. The van der Waals surface area contributed by atoms with Crippen LogP contribution in [0.15, 0.2) is 42.5 Å². The average molecular weight is 386 g/mol. The summed E-state index contributed by atoms with van der Waals surface area (Å²) in [5, 5.41) is 0.527. The maximum absolute atomic E-state index is 12.4. The third-order valence-electron chi connectivity index (χ3n) is 4.84. The van der Waals surface area contributed by atoms with Gasteiger partial charge in [-0.1, -0.05) is 23.7 Å². The van der Waals surface area contributed by atoms with Gasteiger partial charge in [0.25, 0.3) is 0 Å². The van der Waals surface area contributed by atoms with Gasteiger partial charge in [-0.05, 0) is 55.3 Å². The Morgan fingerprint density at radius 3 is 2.56 bits per heavy atom. The van der Waals surface area contributed by atoms with Crippen molar-refractivity contribution in [3.8, 4) is 0 Å². The molecule has 1 aliphatic rings. The van der Waals surface area contributed by atoms with Crippen molar-refractivity contribution >= 4 is 34.9 Å². The minimum Gasteiger partial charge on any atom is -0.457 e. The summed E-state index contributed by atoms with van der Waals surface area (Å²) in [6.07, 6.45) is 0.0847. The molecule has 0 bridgehead atoms. The molecule has 0 aliphatic carbocycles. The molecule has 1 saturated heterocycles. The second-order valence-electron chi connectivity index (χ2n) is 6.66. The van der Waals surface area contributed by atoms with Crippen LogP contribution in [-0.2, 0) is 14.3 Å². The summed E-state index contributed by atoms with van der Waals surface area (Å²) in [6, 6.07) is 12.1. The zero-order valence-electron chi connectivity index (χ0n) is 15.2. The zero-order valence-corrected chi connectivity index (χ0v) is 16.0. The Balaban J connectivity index is 1.61. The van der Waals surface area contributed by atoms with E-state index >= 15 is 0 Å². The highest BCUT2D eigenvalue weighted by Crippen LogP contribution is 2.29. The van der Waals surface area contributed by atoms with E-state index in [0.29, 0.717) is 10.6 Å². The lowest BCUT2D eigenvalue weighted by molar-refractivity contribution is -0.147. The number of esters is 1. The second kappa shape index (κ2) is 7.92. The van der Waals surface area contributed by atoms with Gasteiger partial charge < -0.3 is 9.64 Å². The van der Waals surface area contributed by atoms with Crippen LogP contribution >= 0.6 is 11.6 Å². The average Bonchev–Trinajstić information content (AvgIpc) is 3.04. The third-order valence-corrected chi connectivity index (χ3v) is 5.09. The van der Waals surface area contributed by atoms with Crippen LogP contribution in [0.5, 0.6) is 0 Å². The number of hydrogen-bond donors (Lipinski definition) is 0. The van der Waals surface area contributed by atoms with E-state index in [4.69, 9.17) is 16.3 Å². The SMILES string of the molecule is Cc1cccc(N2C[C@H](C(=O)OCC(=O)c3ccc(Cl)cc3)CC2=O)c1C. The van der Waals surface area contributed by atoms with Crippen LogP contribution in [0.3, 0.4) is 0 Å². The van der Waals surface area contributed by atoms with Gasteiger partial charge in [-0.3, -0.25) is 14.4 Å². The molecule has 1 aliphatic heterocycles. The normalized spacial score (nSPS) is 16.5. The molecule has 6 heteroatoms. The molecule has 2 aromatic carbocycles. The zero-order chi connectivity index (χ0) is 19.6. The number of ether oxygens (including phenoxy) is 1. The van der Waals surface area contributed by atoms with Crippen LogP contribution in [0.4, 0.5) is 5.69 Å². The molecule has 2 aromatic rings. The molecule has 140 valence electrons. The number of ketones is 1. The first-order valence-electron chi connectivity index (χ1n) is 8.69. The fraction of sp³-hybridized carbons (Fsp3) is 0.286. The molecule has 1 fully saturated rings. The van der Waals surface area contributed by atoms with Gasteiger partial charge in [-0.25, -0.2) is 0 Å². The van der Waals surface area contributed by atoms with Crippen LogP contribution in [0.25, 0.3) is 0 Å². The van der Waals surface area contributed by atoms with Crippen molar-refractivity contribution in [1.82, 2.24) is 0 Å². The van der Waals surface area contributed by atoms with E-state index in [2.05, 4.69) is 0 Å². The highest BCUT2D eigenvalue weighted by atomic mass is 35.5. The second-order valence-corrected chi connectivity index (χ2v) is 7.10. The lowest BCUT2D eigenvalue weighted by Gasteiger charge is -2.20. The van der Waals surface area contributed by atoms with Gasteiger partial charge in [-0.2, -0.15) is 0 Å². The Hall–Kier alpha value is -2.66. The smallest absolute Gasteiger partial charge is 0.311 e. The number of anilines is 1. The Bertz CT molecular complexity index is 892. The number of rotatable bonds is 5. The van der Waals surface area contributed by atoms with E-state index in [0.717, 1.165) is 16.8 Å². The van der Waals surface area contributed by atoms with Gasteiger partial charge in [0, 0.05) is 29.2 Å². The van der Waals surface area contributed by atoms with E-state index in [1.165, 1.54) is 0 Å². The first-order valence-corrected chi connectivity index (χ1v) is 9.06. The molecule has 0 spiro atoms. The van der Waals surface area contributed by atoms with Gasteiger partial charge in [0.2, 0.25) is 5.91 Å². The van der Waals surface area contributed by atoms with Crippen molar-refractivity contribution in [1.29, 1.82) is 0 Å². The van der Waals surface area contributed by atoms with Gasteiger partial charge >= 0.3 is 5.97 Å². The van der Waals surface area contributed by atoms with Crippen LogP contribution in [-0.4, -0.2) is 30.8 Å². The van der Waals surface area contributed by atoms with Crippen LogP contribution in [0.1, 0.15) is 27.9 Å². The number of halogens is 1. The van der Waals surface area contributed by atoms with E-state index < -0.39 is 11.9 Å². The van der Waals surface area contributed by atoms with E-state index in [-0.39, 0.29) is 31.3 Å². The number of Topliss-reactive ketones (excluding diaryl/α,β-unsaturated/α-hetero) is 1. The molecule has 1 atom stereocenters. The van der Waals surface area contributed by atoms with Crippen LogP contribution < -0.4 is 4.90 Å². The van der Waals surface area contributed by atoms with Gasteiger partial charge in [0.15, 0.2) is 12.4 Å². The van der Waals surface area contributed by atoms with Crippen LogP contribution in [0, 0.1) is 19.8 Å². The van der Waals surface area contributed by atoms with Crippen LogP contribution in [0.2, 0.25) is 5.02 Å². The van der Waals surface area contributed by atoms with Crippen molar-refractivity contribution in [2.24, 2.45) is 5.92 Å². The van der Waals surface area contributed by atoms with Crippen molar-refractivity contribution < 1.29 is 19.1 Å². The highest BCUT2D eigenvalue weighted by molar-refractivity contribution is 6.30. The predicted molar refractivity (Wildman–Crippen MR) is 103 cm³/mol. The number of carbonyl (C=O) groups is 3. The fourth-order valence-electron chi connectivity index (χ4n) is 3.10. The number of benzene rings is 2. The van der Waals surface area contributed by atoms with Gasteiger partial charge in [0.1, 0.15) is 0 Å². The first kappa shape index (κ1) is 19.1. The summed E-state index contributed by atoms with van der Waals surface area (Å²) in [5.41, 5.74) is 3.33. The largest absolute Gasteiger partial charge is 0.457 e. The van der Waals surface area contributed by atoms with Gasteiger partial charge in [0.05, 0.1) is 5.92 Å². The fourth-order valence-corrected chi connectivity index (χ4v) is 3.23. The van der Waals surface area contributed by atoms with E-state index in [1.54, 1.807) is 29.2 Å². The number of nitrogens with zero attached hydrogens (tertiary/aromatic N) is 1. The van der Waals surface area contributed by atoms with Crippen molar-refractivity contribution in [3.05, 3.63) is 64.2 Å². The lowest BCUT2D eigenvalue weighted by Crippen LogP contribution is -2.27. The lowest BCUT2D eigenvalue weighted by atomic mass is 10.1. The van der Waals surface area contributed by atoms with Crippen molar-refractivity contribution in [2.75, 3.05) is 18.1 Å². The highest BCUT2D eigenvalue weighted by Gasteiger charge is 2.37. The number of amides is 1. The number of carbonyl (C=O) groups excluding carboxylic acids is 3.